The molecular weight excluding hydrogens is 684 g/mol. The summed E-state index contributed by atoms with van der Waals surface area (Å²) < 4.78 is 0.880. The lowest BCUT2D eigenvalue weighted by atomic mass is 10.0. The summed E-state index contributed by atoms with van der Waals surface area (Å²) in [5.41, 5.74) is 3.74. The first kappa shape index (κ1) is 31.3. The van der Waals surface area contributed by atoms with E-state index in [9.17, 15) is 0 Å². The van der Waals surface area contributed by atoms with E-state index < -0.39 is 0 Å². The fraction of sp³-hybridized carbons (Fsp3) is 0.211. The van der Waals surface area contributed by atoms with E-state index in [0.717, 1.165) is 10.8 Å². The molecule has 45 heavy (non-hydrogen) atoms. The summed E-state index contributed by atoms with van der Waals surface area (Å²) in [6, 6.07) is 33.5. The Balaban J connectivity index is 1.07. The van der Waals surface area contributed by atoms with Crippen molar-refractivity contribution in [2.24, 2.45) is 0 Å². The van der Waals surface area contributed by atoms with Gasteiger partial charge in [0.25, 0.3) is 0 Å². The Morgan fingerprint density at radius 2 is 0.978 bits per heavy atom. The molecule has 1 aromatic carbocycles. The van der Waals surface area contributed by atoms with Crippen LogP contribution in [0.25, 0.3) is 59.9 Å². The number of halogens is 1. The molecule has 0 aliphatic rings. The predicted molar refractivity (Wildman–Crippen MR) is 209 cm³/mol. The topological polar surface area (TPSA) is 0 Å². The van der Waals surface area contributed by atoms with Crippen molar-refractivity contribution in [1.82, 2.24) is 0 Å². The van der Waals surface area contributed by atoms with Gasteiger partial charge in [-0.1, -0.05) is 75.0 Å². The van der Waals surface area contributed by atoms with Crippen molar-refractivity contribution in [2.45, 2.75) is 52.4 Å². The number of benzene rings is 1. The molecule has 0 nitrogen and oxygen atoms in total. The third-order valence-electron chi connectivity index (χ3n) is 7.94. The van der Waals surface area contributed by atoms with Crippen molar-refractivity contribution in [2.75, 3.05) is 0 Å². The second kappa shape index (κ2) is 14.2. The molecule has 0 N–H and O–H groups in total. The van der Waals surface area contributed by atoms with Crippen LogP contribution in [0.4, 0.5) is 0 Å². The SMILES string of the molecule is CCCCCCc1ccc(-c2ccc(-c3ccc(-c4ccc(-c5ccc(-c6sc(Cl)c(-c7ccccc7)c6CC)s5)s4)s3)s2)s1. The summed E-state index contributed by atoms with van der Waals surface area (Å²) in [7, 11) is 0. The maximum Gasteiger partial charge on any atom is 0.102 e. The minimum Gasteiger partial charge on any atom is -0.139 e. The van der Waals surface area contributed by atoms with Crippen LogP contribution in [0.3, 0.4) is 0 Å². The Bertz CT molecular complexity index is 2010. The highest BCUT2D eigenvalue weighted by Crippen LogP contribution is 2.49. The summed E-state index contributed by atoms with van der Waals surface area (Å²) >= 11 is 18.1. The predicted octanol–water partition coefficient (Wildman–Crippen LogP) is 15.4. The van der Waals surface area contributed by atoms with Gasteiger partial charge in [0.2, 0.25) is 0 Å². The number of aryl methyl sites for hydroxylation is 1. The lowest BCUT2D eigenvalue weighted by Gasteiger charge is -2.05. The number of thiophene rings is 6. The molecule has 0 fully saturated rings. The van der Waals surface area contributed by atoms with Crippen LogP contribution < -0.4 is 0 Å². The first-order valence-corrected chi connectivity index (χ1v) is 20.8. The number of rotatable bonds is 12. The molecule has 0 bridgehead atoms. The summed E-state index contributed by atoms with van der Waals surface area (Å²) in [6.07, 6.45) is 7.46. The van der Waals surface area contributed by atoms with Crippen LogP contribution in [0, 0.1) is 0 Å². The Hall–Kier alpha value is -2.29. The van der Waals surface area contributed by atoms with Crippen LogP contribution in [0.1, 0.15) is 50.0 Å². The maximum atomic E-state index is 6.84. The Kier molecular flexibility index (Phi) is 9.90. The van der Waals surface area contributed by atoms with Gasteiger partial charge in [-0.2, -0.15) is 0 Å². The zero-order chi connectivity index (χ0) is 30.8. The highest BCUT2D eigenvalue weighted by atomic mass is 35.5. The molecule has 7 aromatic rings. The van der Waals surface area contributed by atoms with Crippen molar-refractivity contribution in [3.63, 3.8) is 0 Å². The molecule has 0 radical (unpaired) electrons. The Labute approximate surface area is 295 Å². The summed E-state index contributed by atoms with van der Waals surface area (Å²) in [4.78, 5) is 14.9. The minimum atomic E-state index is 0.880. The Morgan fingerprint density at radius 1 is 0.489 bits per heavy atom. The smallest absolute Gasteiger partial charge is 0.102 e. The molecule has 7 heteroatoms. The number of unbranched alkanes of at least 4 members (excludes halogenated alkanes) is 3. The lowest BCUT2D eigenvalue weighted by molar-refractivity contribution is 0.670. The second-order valence-electron chi connectivity index (χ2n) is 11.0. The average molecular weight is 718 g/mol. The van der Waals surface area contributed by atoms with E-state index >= 15 is 0 Å². The van der Waals surface area contributed by atoms with Gasteiger partial charge >= 0.3 is 0 Å². The van der Waals surface area contributed by atoms with Crippen LogP contribution in [0.15, 0.2) is 91.0 Å². The van der Waals surface area contributed by atoms with E-state index in [0.29, 0.717) is 0 Å². The third kappa shape index (κ3) is 6.75. The van der Waals surface area contributed by atoms with Crippen LogP contribution in [-0.2, 0) is 12.8 Å². The fourth-order valence-electron chi connectivity index (χ4n) is 5.63. The molecule has 6 heterocycles. The zero-order valence-electron chi connectivity index (χ0n) is 25.2. The van der Waals surface area contributed by atoms with Gasteiger partial charge in [-0.25, -0.2) is 0 Å². The van der Waals surface area contributed by atoms with Gasteiger partial charge in [-0.05, 0) is 91.1 Å². The van der Waals surface area contributed by atoms with Crippen molar-refractivity contribution in [1.29, 1.82) is 0 Å². The van der Waals surface area contributed by atoms with E-state index in [1.54, 1.807) is 11.3 Å². The maximum absolute atomic E-state index is 6.84. The van der Waals surface area contributed by atoms with Crippen LogP contribution in [0.5, 0.6) is 0 Å². The molecule has 0 saturated carbocycles. The van der Waals surface area contributed by atoms with Crippen LogP contribution in [0.2, 0.25) is 4.34 Å². The van der Waals surface area contributed by atoms with Crippen LogP contribution >= 0.6 is 79.6 Å². The van der Waals surface area contributed by atoms with Crippen LogP contribution in [-0.4, -0.2) is 0 Å². The zero-order valence-corrected chi connectivity index (χ0v) is 30.9. The highest BCUT2D eigenvalue weighted by molar-refractivity contribution is 7.30. The number of hydrogen-bond acceptors (Lipinski definition) is 6. The van der Waals surface area contributed by atoms with Crippen molar-refractivity contribution in [3.8, 4) is 59.9 Å². The van der Waals surface area contributed by atoms with Crippen molar-refractivity contribution < 1.29 is 0 Å². The van der Waals surface area contributed by atoms with Gasteiger partial charge < -0.3 is 0 Å². The molecule has 0 aliphatic heterocycles. The largest absolute Gasteiger partial charge is 0.139 e. The summed E-state index contributed by atoms with van der Waals surface area (Å²) in [5, 5.41) is 0. The molecule has 7 rings (SSSR count). The fourth-order valence-corrected chi connectivity index (χ4v) is 12.8. The molecule has 0 spiro atoms. The molecule has 0 aliphatic carbocycles. The summed E-state index contributed by atoms with van der Waals surface area (Å²) in [5.74, 6) is 0. The minimum absolute atomic E-state index is 0.880. The molecule has 0 unspecified atom stereocenters. The molecule has 0 saturated heterocycles. The molecule has 0 amide bonds. The first-order chi connectivity index (χ1) is 22.1. The van der Waals surface area contributed by atoms with Gasteiger partial charge in [0, 0.05) is 59.2 Å². The number of hydrogen-bond donors (Lipinski definition) is 0. The van der Waals surface area contributed by atoms with E-state index in [2.05, 4.69) is 105 Å². The van der Waals surface area contributed by atoms with E-state index in [4.69, 9.17) is 11.6 Å². The first-order valence-electron chi connectivity index (χ1n) is 15.5. The van der Waals surface area contributed by atoms with E-state index in [1.807, 2.05) is 56.7 Å². The van der Waals surface area contributed by atoms with Gasteiger partial charge in [0.1, 0.15) is 4.34 Å². The van der Waals surface area contributed by atoms with Gasteiger partial charge in [0.05, 0.1) is 0 Å². The molecular formula is C38H33ClS6. The molecule has 0 atom stereocenters. The van der Waals surface area contributed by atoms with Gasteiger partial charge in [-0.15, -0.1) is 68.0 Å². The quantitative estimate of drug-likeness (QED) is 0.110. The monoisotopic (exact) mass is 716 g/mol. The highest BCUT2D eigenvalue weighted by Gasteiger charge is 2.20. The second-order valence-corrected chi connectivity index (χ2v) is 18.1. The third-order valence-corrected chi connectivity index (χ3v) is 15.8. The van der Waals surface area contributed by atoms with Gasteiger partial charge in [0.15, 0.2) is 0 Å². The Morgan fingerprint density at radius 3 is 1.51 bits per heavy atom. The van der Waals surface area contributed by atoms with E-state index in [-0.39, 0.29) is 0 Å². The van der Waals surface area contributed by atoms with Crippen molar-refractivity contribution >= 4 is 79.6 Å². The standard InChI is InChI=1S/C38H33ClS6/c1-3-5-6-10-13-25-14-15-27(40-25)28-16-17-29(41-28)30-18-19-31(42-30)32-20-21-33(43-32)34-22-23-35(44-34)37-26(4-2)36(38(39)45-37)24-11-8-7-9-12-24/h7-9,11-12,14-23H,3-6,10,13H2,1-2H3. The molecule has 228 valence electrons. The normalized spacial score (nSPS) is 11.5. The van der Waals surface area contributed by atoms with Gasteiger partial charge in [-0.3, -0.25) is 0 Å². The average Bonchev–Trinajstić information content (AvgIpc) is 3.90. The summed E-state index contributed by atoms with van der Waals surface area (Å²) in [6.45, 7) is 4.51. The lowest BCUT2D eigenvalue weighted by Crippen LogP contribution is -1.85. The molecule has 6 aromatic heterocycles. The van der Waals surface area contributed by atoms with Crippen molar-refractivity contribution in [3.05, 3.63) is 106 Å². The van der Waals surface area contributed by atoms with E-state index in [1.165, 1.54) is 102 Å².